The Morgan fingerprint density at radius 2 is 2.11 bits per heavy atom. The average Bonchev–Trinajstić information content (AvgIpc) is 1.90. The van der Waals surface area contributed by atoms with Gasteiger partial charge in [-0.1, -0.05) is 30.4 Å². The van der Waals surface area contributed by atoms with E-state index in [1.807, 2.05) is 25.2 Å². The molecule has 1 rings (SSSR count). The van der Waals surface area contributed by atoms with Crippen LogP contribution in [0.4, 0.5) is 0 Å². The predicted molar refractivity (Wildman–Crippen MR) is 44.2 cm³/mol. The van der Waals surface area contributed by atoms with Gasteiger partial charge in [0.15, 0.2) is 0 Å². The minimum absolute atomic E-state index is 0. The van der Waals surface area contributed by atoms with Crippen LogP contribution in [-0.4, -0.2) is 23.1 Å². The molecule has 0 amide bonds. The summed E-state index contributed by atoms with van der Waals surface area (Å²) in [6.45, 7) is 2.04. The highest BCUT2D eigenvalue weighted by Gasteiger charge is 1.88. The quantitative estimate of drug-likeness (QED) is 0.442. The van der Waals surface area contributed by atoms with Gasteiger partial charge in [0.1, 0.15) is 0 Å². The van der Waals surface area contributed by atoms with Crippen molar-refractivity contribution in [2.24, 2.45) is 0 Å². The van der Waals surface area contributed by atoms with E-state index in [0.717, 1.165) is 0 Å². The Balaban J connectivity index is 0. The maximum Gasteiger partial charge on any atom is 0.0121 e. The molecule has 0 bridgehead atoms. The van der Waals surface area contributed by atoms with Crippen molar-refractivity contribution in [1.29, 1.82) is 0 Å². The molecule has 0 aromatic carbocycles. The van der Waals surface area contributed by atoms with Crippen LogP contribution in [0.3, 0.4) is 0 Å². The number of allylic oxidation sites excluding steroid dienone is 6. The molecule has 0 atom stereocenters. The van der Waals surface area contributed by atoms with Crippen LogP contribution in [0, 0.1) is 6.42 Å². The minimum atomic E-state index is 0. The summed E-state index contributed by atoms with van der Waals surface area (Å²) in [6.07, 6.45) is 12.3. The first-order valence-electron chi connectivity index (χ1n) is 2.78. The molecule has 1 heteroatoms. The van der Waals surface area contributed by atoms with Crippen molar-refractivity contribution in [3.63, 3.8) is 0 Å². The Morgan fingerprint density at radius 1 is 1.33 bits per heavy atom. The summed E-state index contributed by atoms with van der Waals surface area (Å²) in [5.41, 5.74) is 1.28. The lowest BCUT2D eigenvalue weighted by Crippen LogP contribution is -1.78. The van der Waals surface area contributed by atoms with Crippen molar-refractivity contribution in [1.82, 2.24) is 0 Å². The number of hydrogen-bond donors (Lipinski definition) is 0. The van der Waals surface area contributed by atoms with Gasteiger partial charge in [0.25, 0.3) is 0 Å². The van der Waals surface area contributed by atoms with Crippen LogP contribution in [0.1, 0.15) is 8.35 Å². The molecule has 45 valence electrons. The van der Waals surface area contributed by atoms with E-state index in [1.54, 1.807) is 0 Å². The number of rotatable bonds is 0. The zero-order valence-corrected chi connectivity index (χ0v) is 7.09. The summed E-state index contributed by atoms with van der Waals surface area (Å²) in [7, 11) is 0. The molecule has 0 N–H and O–H groups in total. The first kappa shape index (κ1) is 8.99. The predicted octanol–water partition coefficient (Wildman–Crippen LogP) is 2.13. The van der Waals surface area contributed by atoms with Gasteiger partial charge in [0.2, 0.25) is 0 Å². The molecule has 0 unspecified atom stereocenters. The first-order chi connectivity index (χ1) is 3.93. The summed E-state index contributed by atoms with van der Waals surface area (Å²) >= 11 is 0. The SMILES string of the molecule is CC=C1[CH]C=CC=C1.[HH].[Mg]. The van der Waals surface area contributed by atoms with Crippen LogP contribution in [0.15, 0.2) is 36.0 Å². The van der Waals surface area contributed by atoms with E-state index in [0.29, 0.717) is 0 Å². The molecular weight excluding hydrogens is 120 g/mol. The van der Waals surface area contributed by atoms with Crippen molar-refractivity contribution in [2.45, 2.75) is 6.92 Å². The lowest BCUT2D eigenvalue weighted by Gasteiger charge is -1.96. The molecule has 0 nitrogen and oxygen atoms in total. The fraction of sp³-hybridized carbons (Fsp3) is 0.125. The van der Waals surface area contributed by atoms with E-state index < -0.39 is 0 Å². The summed E-state index contributed by atoms with van der Waals surface area (Å²) in [5.74, 6) is 0. The van der Waals surface area contributed by atoms with Gasteiger partial charge in [0, 0.05) is 30.9 Å². The highest BCUT2D eigenvalue weighted by Crippen LogP contribution is 2.06. The second kappa shape index (κ2) is 4.83. The smallest absolute Gasteiger partial charge is 0.0121 e. The summed E-state index contributed by atoms with van der Waals surface area (Å²) in [4.78, 5) is 0. The third-order valence-corrected chi connectivity index (χ3v) is 1.13. The maximum absolute atomic E-state index is 2.08. The van der Waals surface area contributed by atoms with E-state index in [-0.39, 0.29) is 24.5 Å². The van der Waals surface area contributed by atoms with Gasteiger partial charge in [-0.3, -0.25) is 0 Å². The molecule has 0 aromatic heterocycles. The molecule has 0 saturated heterocycles. The molecule has 0 spiro atoms. The van der Waals surface area contributed by atoms with Gasteiger partial charge in [-0.05, 0) is 12.5 Å². The molecule has 9 heavy (non-hydrogen) atoms. The first-order valence-corrected chi connectivity index (χ1v) is 2.78. The van der Waals surface area contributed by atoms with E-state index in [4.69, 9.17) is 0 Å². The van der Waals surface area contributed by atoms with Crippen LogP contribution in [0.25, 0.3) is 0 Å². The van der Waals surface area contributed by atoms with Crippen LogP contribution >= 0.6 is 0 Å². The molecular formula is C8H11Mg. The van der Waals surface area contributed by atoms with Gasteiger partial charge < -0.3 is 0 Å². The third-order valence-electron chi connectivity index (χ3n) is 1.13. The van der Waals surface area contributed by atoms with Gasteiger partial charge >= 0.3 is 0 Å². The van der Waals surface area contributed by atoms with Crippen molar-refractivity contribution < 1.29 is 1.43 Å². The molecule has 1 aliphatic carbocycles. The third kappa shape index (κ3) is 2.87. The lowest BCUT2D eigenvalue weighted by molar-refractivity contribution is 1.49. The van der Waals surface area contributed by atoms with Crippen molar-refractivity contribution in [3.05, 3.63) is 42.4 Å². The zero-order chi connectivity index (χ0) is 5.82. The summed E-state index contributed by atoms with van der Waals surface area (Å²) in [5, 5.41) is 0. The average molecular weight is 131 g/mol. The van der Waals surface area contributed by atoms with Gasteiger partial charge in [0.05, 0.1) is 0 Å². The number of hydrogen-bond acceptors (Lipinski definition) is 0. The lowest BCUT2D eigenvalue weighted by atomic mass is 10.1. The molecule has 0 heterocycles. The second-order valence-electron chi connectivity index (χ2n) is 1.70. The monoisotopic (exact) mass is 131 g/mol. The molecule has 1 aliphatic rings. The molecule has 3 radical (unpaired) electrons. The van der Waals surface area contributed by atoms with Crippen LogP contribution in [-0.2, 0) is 0 Å². The second-order valence-corrected chi connectivity index (χ2v) is 1.70. The van der Waals surface area contributed by atoms with Gasteiger partial charge in [-0.25, -0.2) is 0 Å². The molecule has 0 aromatic rings. The topological polar surface area (TPSA) is 0 Å². The molecule has 0 fully saturated rings. The maximum atomic E-state index is 2.08. The summed E-state index contributed by atoms with van der Waals surface area (Å²) < 4.78 is 0. The Morgan fingerprint density at radius 3 is 2.44 bits per heavy atom. The van der Waals surface area contributed by atoms with E-state index in [9.17, 15) is 0 Å². The Labute approximate surface area is 74.0 Å². The van der Waals surface area contributed by atoms with Crippen LogP contribution in [0.5, 0.6) is 0 Å². The molecule has 0 aliphatic heterocycles. The van der Waals surface area contributed by atoms with Crippen molar-refractivity contribution in [3.8, 4) is 0 Å². The van der Waals surface area contributed by atoms with Crippen molar-refractivity contribution in [2.75, 3.05) is 0 Å². The van der Waals surface area contributed by atoms with Crippen molar-refractivity contribution >= 4 is 23.1 Å². The van der Waals surface area contributed by atoms with E-state index >= 15 is 0 Å². The van der Waals surface area contributed by atoms with Crippen LogP contribution in [0.2, 0.25) is 0 Å². The van der Waals surface area contributed by atoms with E-state index in [1.165, 1.54) is 5.57 Å². The fourth-order valence-corrected chi connectivity index (χ4v) is 0.645. The highest BCUT2D eigenvalue weighted by molar-refractivity contribution is 5.75. The highest BCUT2D eigenvalue weighted by atomic mass is 24.3. The Hall–Kier alpha value is -0.0138. The minimum Gasteiger partial charge on any atom is -0.0838 e. The normalized spacial score (nSPS) is 19.9. The zero-order valence-electron chi connectivity index (χ0n) is 5.67. The van der Waals surface area contributed by atoms with Gasteiger partial charge in [-0.15, -0.1) is 0 Å². The van der Waals surface area contributed by atoms with Crippen LogP contribution < -0.4 is 0 Å². The largest absolute Gasteiger partial charge is 0.0838 e. The van der Waals surface area contributed by atoms with E-state index in [2.05, 4.69) is 18.6 Å². The standard InChI is InChI=1S/C8H9.Mg.H2/c1-2-8-6-4-3-5-7-8;;/h2-7H,1H3;;1H. The molecule has 0 saturated carbocycles. The Bertz CT molecular complexity index is 157. The van der Waals surface area contributed by atoms with Gasteiger partial charge in [-0.2, -0.15) is 0 Å². The Kier molecular flexibility index (Phi) is 4.82. The summed E-state index contributed by atoms with van der Waals surface area (Å²) in [6, 6.07) is 0. The fourth-order valence-electron chi connectivity index (χ4n) is 0.645.